The maximum Gasteiger partial charge on any atom is 0.194 e. The Kier molecular flexibility index (Phi) is 7.56. The minimum Gasteiger partial charge on any atom is -0.494 e. The molecule has 0 amide bonds. The topological polar surface area (TPSA) is 71.1 Å². The van der Waals surface area contributed by atoms with Crippen LogP contribution in [0.25, 0.3) is 0 Å². The molecule has 0 saturated carbocycles. The van der Waals surface area contributed by atoms with Gasteiger partial charge in [-0.1, -0.05) is 39.0 Å². The summed E-state index contributed by atoms with van der Waals surface area (Å²) in [6, 6.07) is 10.2. The lowest BCUT2D eigenvalue weighted by atomic mass is 9.84. The van der Waals surface area contributed by atoms with E-state index in [4.69, 9.17) is 18.9 Å². The highest BCUT2D eigenvalue weighted by atomic mass is 32.1. The Labute approximate surface area is 215 Å². The molecule has 2 heterocycles. The molecule has 2 aliphatic rings. The van der Waals surface area contributed by atoms with E-state index in [0.29, 0.717) is 47.0 Å². The predicted molar refractivity (Wildman–Crippen MR) is 138 cm³/mol. The van der Waals surface area contributed by atoms with Gasteiger partial charge in [0, 0.05) is 33.0 Å². The fourth-order valence-corrected chi connectivity index (χ4v) is 5.16. The van der Waals surface area contributed by atoms with Crippen LogP contribution in [0, 0.1) is 0 Å². The number of hydrogen-bond acceptors (Lipinski definition) is 7. The van der Waals surface area contributed by atoms with Gasteiger partial charge >= 0.3 is 0 Å². The lowest BCUT2D eigenvalue weighted by Gasteiger charge is -2.25. The van der Waals surface area contributed by atoms with E-state index in [1.807, 2.05) is 10.8 Å². The molecule has 0 radical (unpaired) electrons. The van der Waals surface area contributed by atoms with Crippen molar-refractivity contribution in [3.63, 3.8) is 0 Å². The molecule has 3 aromatic rings. The predicted octanol–water partition coefficient (Wildman–Crippen LogP) is 6.48. The molecule has 0 bridgehead atoms. The van der Waals surface area contributed by atoms with Crippen molar-refractivity contribution in [3.05, 3.63) is 69.4 Å². The van der Waals surface area contributed by atoms with Gasteiger partial charge < -0.3 is 18.9 Å². The van der Waals surface area contributed by atoms with Crippen molar-refractivity contribution < 1.29 is 28.5 Å². The first-order chi connectivity index (χ1) is 17.6. The number of hydrogen-bond donors (Lipinski definition) is 0. The summed E-state index contributed by atoms with van der Waals surface area (Å²) in [5.41, 5.74) is 1.52. The van der Waals surface area contributed by atoms with Gasteiger partial charge in [-0.15, -0.1) is 11.3 Å². The molecular formula is C29H30O6S. The van der Waals surface area contributed by atoms with E-state index < -0.39 is 0 Å². The van der Waals surface area contributed by atoms with E-state index in [2.05, 4.69) is 6.92 Å². The molecule has 0 spiro atoms. The third-order valence-corrected chi connectivity index (χ3v) is 7.17. The third kappa shape index (κ3) is 5.26. The summed E-state index contributed by atoms with van der Waals surface area (Å²) in [7, 11) is 0. The van der Waals surface area contributed by atoms with E-state index >= 15 is 0 Å². The van der Waals surface area contributed by atoms with E-state index in [1.54, 1.807) is 36.4 Å². The van der Waals surface area contributed by atoms with Crippen molar-refractivity contribution in [2.24, 2.45) is 0 Å². The first-order valence-electron chi connectivity index (χ1n) is 12.6. The second-order valence-corrected chi connectivity index (χ2v) is 9.89. The third-order valence-electron chi connectivity index (χ3n) is 6.47. The minimum absolute atomic E-state index is 0.176. The highest BCUT2D eigenvalue weighted by Crippen LogP contribution is 2.36. The quantitative estimate of drug-likeness (QED) is 0.217. The van der Waals surface area contributed by atoms with E-state index in [0.717, 1.165) is 24.3 Å². The molecule has 1 aromatic heterocycles. The standard InChI is InChI=1S/C29H30O6S/c1-2-3-4-5-6-7-12-32-19-8-10-22-24(13-19)28(30)23-11-9-20(14-25(23)29(22)31)33-15-21-16-34-26-17-36-18-27(26)35-21/h8-11,13-14,17-18,21H,2-7,12,15-16H2,1H3. The summed E-state index contributed by atoms with van der Waals surface area (Å²) in [5.74, 6) is 2.24. The van der Waals surface area contributed by atoms with Crippen molar-refractivity contribution in [1.82, 2.24) is 0 Å². The summed E-state index contributed by atoms with van der Waals surface area (Å²) in [6.07, 6.45) is 6.84. The van der Waals surface area contributed by atoms with Crippen LogP contribution < -0.4 is 18.9 Å². The fraction of sp³-hybridized carbons (Fsp3) is 0.379. The zero-order chi connectivity index (χ0) is 24.9. The van der Waals surface area contributed by atoms with Crippen LogP contribution in [0.5, 0.6) is 23.0 Å². The molecule has 0 N–H and O–H groups in total. The highest BCUT2D eigenvalue weighted by Gasteiger charge is 2.31. The first-order valence-corrected chi connectivity index (χ1v) is 13.6. The van der Waals surface area contributed by atoms with Crippen LogP contribution in [0.4, 0.5) is 0 Å². The van der Waals surface area contributed by atoms with Crippen molar-refractivity contribution in [1.29, 1.82) is 0 Å². The number of ketones is 2. The van der Waals surface area contributed by atoms with Crippen molar-refractivity contribution >= 4 is 22.9 Å². The van der Waals surface area contributed by atoms with E-state index in [9.17, 15) is 9.59 Å². The average molecular weight is 507 g/mol. The van der Waals surface area contributed by atoms with Gasteiger partial charge in [0.25, 0.3) is 0 Å². The van der Waals surface area contributed by atoms with Crippen molar-refractivity contribution in [2.75, 3.05) is 19.8 Å². The summed E-state index contributed by atoms with van der Waals surface area (Å²) in [5, 5.41) is 3.80. The Morgan fingerprint density at radius 3 is 2.17 bits per heavy atom. The summed E-state index contributed by atoms with van der Waals surface area (Å²) in [6.45, 7) is 3.47. The van der Waals surface area contributed by atoms with E-state index in [-0.39, 0.29) is 24.3 Å². The molecule has 2 aromatic carbocycles. The van der Waals surface area contributed by atoms with Gasteiger partial charge in [-0.05, 0) is 42.8 Å². The number of unbranched alkanes of at least 4 members (excludes halogenated alkanes) is 5. The number of rotatable bonds is 11. The van der Waals surface area contributed by atoms with Crippen LogP contribution >= 0.6 is 11.3 Å². The number of carbonyl (C=O) groups is 2. The van der Waals surface area contributed by atoms with Gasteiger partial charge in [0.1, 0.15) is 24.7 Å². The molecule has 1 atom stereocenters. The van der Waals surface area contributed by atoms with Crippen LogP contribution in [0.3, 0.4) is 0 Å². The van der Waals surface area contributed by atoms with Gasteiger partial charge in [-0.25, -0.2) is 0 Å². The molecular weight excluding hydrogens is 476 g/mol. The zero-order valence-electron chi connectivity index (χ0n) is 20.4. The number of fused-ring (bicyclic) bond motifs is 3. The number of carbonyl (C=O) groups excluding carboxylic acids is 2. The molecule has 0 fully saturated rings. The molecule has 7 heteroatoms. The Balaban J connectivity index is 1.21. The molecule has 5 rings (SSSR count). The number of benzene rings is 2. The Hall–Kier alpha value is -3.32. The zero-order valence-corrected chi connectivity index (χ0v) is 21.2. The lowest BCUT2D eigenvalue weighted by molar-refractivity contribution is 0.0546. The number of thiophene rings is 1. The summed E-state index contributed by atoms with van der Waals surface area (Å²) < 4.78 is 23.3. The lowest BCUT2D eigenvalue weighted by Crippen LogP contribution is -2.34. The van der Waals surface area contributed by atoms with Crippen LogP contribution in [-0.2, 0) is 0 Å². The molecule has 36 heavy (non-hydrogen) atoms. The normalized spacial score (nSPS) is 15.9. The van der Waals surface area contributed by atoms with Crippen LogP contribution in [-0.4, -0.2) is 37.5 Å². The second kappa shape index (κ2) is 11.2. The maximum absolute atomic E-state index is 13.2. The summed E-state index contributed by atoms with van der Waals surface area (Å²) in [4.78, 5) is 26.4. The minimum atomic E-state index is -0.254. The fourth-order valence-electron chi connectivity index (χ4n) is 4.49. The highest BCUT2D eigenvalue weighted by molar-refractivity contribution is 7.08. The molecule has 0 saturated heterocycles. The van der Waals surface area contributed by atoms with Gasteiger partial charge in [0.05, 0.1) is 6.61 Å². The Morgan fingerprint density at radius 1 is 0.806 bits per heavy atom. The molecule has 1 aliphatic carbocycles. The Morgan fingerprint density at radius 2 is 1.44 bits per heavy atom. The van der Waals surface area contributed by atoms with Crippen LogP contribution in [0.2, 0.25) is 0 Å². The average Bonchev–Trinajstić information content (AvgIpc) is 3.38. The first kappa shape index (κ1) is 24.4. The van der Waals surface area contributed by atoms with Gasteiger partial charge in [0.15, 0.2) is 29.2 Å². The molecule has 6 nitrogen and oxygen atoms in total. The smallest absolute Gasteiger partial charge is 0.194 e. The number of ether oxygens (including phenoxy) is 4. The van der Waals surface area contributed by atoms with Crippen LogP contribution in [0.15, 0.2) is 47.2 Å². The largest absolute Gasteiger partial charge is 0.494 e. The van der Waals surface area contributed by atoms with Crippen molar-refractivity contribution in [2.45, 2.75) is 51.6 Å². The van der Waals surface area contributed by atoms with Gasteiger partial charge in [0.2, 0.25) is 0 Å². The SMILES string of the molecule is CCCCCCCCOc1ccc2c(c1)C(=O)c1ccc(OCC3COc4cscc4O3)cc1C2=O. The molecule has 1 aliphatic heterocycles. The van der Waals surface area contributed by atoms with Crippen LogP contribution in [0.1, 0.15) is 77.3 Å². The van der Waals surface area contributed by atoms with E-state index in [1.165, 1.54) is 37.0 Å². The molecule has 188 valence electrons. The van der Waals surface area contributed by atoms with Gasteiger partial charge in [-0.3, -0.25) is 9.59 Å². The van der Waals surface area contributed by atoms with Gasteiger partial charge in [-0.2, -0.15) is 0 Å². The second-order valence-electron chi connectivity index (χ2n) is 9.15. The molecule has 1 unspecified atom stereocenters. The monoisotopic (exact) mass is 506 g/mol. The maximum atomic E-state index is 13.2. The Bertz CT molecular complexity index is 1250. The van der Waals surface area contributed by atoms with Crippen molar-refractivity contribution in [3.8, 4) is 23.0 Å². The summed E-state index contributed by atoms with van der Waals surface area (Å²) >= 11 is 1.52.